The van der Waals surface area contributed by atoms with E-state index < -0.39 is 23.7 Å². The third-order valence-corrected chi connectivity index (χ3v) is 4.39. The molecule has 0 heterocycles. The first-order valence-electron chi connectivity index (χ1n) is 7.63. The largest absolute Gasteiger partial charge is 0.416 e. The summed E-state index contributed by atoms with van der Waals surface area (Å²) in [5.74, 6) is -0.950. The van der Waals surface area contributed by atoms with Crippen molar-refractivity contribution in [1.29, 1.82) is 0 Å². The Labute approximate surface area is 142 Å². The Morgan fingerprint density at radius 3 is 2.42 bits per heavy atom. The van der Waals surface area contributed by atoms with E-state index >= 15 is 0 Å². The van der Waals surface area contributed by atoms with Crippen LogP contribution in [0, 0.1) is 5.92 Å². The Bertz CT molecular complexity index is 628. The highest BCUT2D eigenvalue weighted by Crippen LogP contribution is 2.34. The summed E-state index contributed by atoms with van der Waals surface area (Å²) in [6, 6.07) is 1.94. The van der Waals surface area contributed by atoms with Crippen molar-refractivity contribution in [2.45, 2.75) is 44.8 Å². The van der Waals surface area contributed by atoms with Crippen LogP contribution < -0.4 is 10.6 Å². The van der Waals surface area contributed by atoms with Gasteiger partial charge >= 0.3 is 6.18 Å². The Kier molecular flexibility index (Phi) is 5.74. The second-order valence-electron chi connectivity index (χ2n) is 5.90. The number of carbonyl (C=O) groups is 2. The number of nitrogens with one attached hydrogen (secondary N) is 2. The molecule has 1 aliphatic carbocycles. The van der Waals surface area contributed by atoms with Gasteiger partial charge in [0.05, 0.1) is 16.3 Å². The van der Waals surface area contributed by atoms with Crippen molar-refractivity contribution in [2.75, 3.05) is 5.32 Å². The van der Waals surface area contributed by atoms with Crippen molar-refractivity contribution in [3.05, 3.63) is 28.8 Å². The zero-order valence-electron chi connectivity index (χ0n) is 13.0. The summed E-state index contributed by atoms with van der Waals surface area (Å²) in [6.45, 7) is 1.30. The molecule has 1 atom stereocenters. The fraction of sp³-hybridized carbons (Fsp3) is 0.500. The summed E-state index contributed by atoms with van der Waals surface area (Å²) in [5.41, 5.74) is -1.02. The summed E-state index contributed by atoms with van der Waals surface area (Å²) >= 11 is 5.89. The van der Waals surface area contributed by atoms with Gasteiger partial charge in [0.15, 0.2) is 0 Å². The number of benzene rings is 1. The number of carbonyl (C=O) groups excluding carboxylic acids is 2. The molecule has 2 N–H and O–H groups in total. The lowest BCUT2D eigenvalue weighted by molar-refractivity contribution is -0.137. The summed E-state index contributed by atoms with van der Waals surface area (Å²) in [5, 5.41) is 5.01. The Balaban J connectivity index is 2.21. The molecule has 0 radical (unpaired) electrons. The van der Waals surface area contributed by atoms with Crippen molar-refractivity contribution in [3.63, 3.8) is 0 Å². The van der Waals surface area contributed by atoms with Gasteiger partial charge in [0.2, 0.25) is 11.8 Å². The average Bonchev–Trinajstić information content (AvgIpc) is 2.99. The molecule has 24 heavy (non-hydrogen) atoms. The molecule has 0 aromatic heterocycles. The molecule has 0 saturated heterocycles. The quantitative estimate of drug-likeness (QED) is 0.850. The van der Waals surface area contributed by atoms with Crippen LogP contribution in [0.4, 0.5) is 18.9 Å². The molecule has 1 saturated carbocycles. The van der Waals surface area contributed by atoms with Crippen LogP contribution in [0.25, 0.3) is 0 Å². The third kappa shape index (κ3) is 4.63. The number of halogens is 4. The predicted octanol–water partition coefficient (Wildman–Crippen LogP) is 3.99. The number of alkyl halides is 3. The van der Waals surface area contributed by atoms with Crippen molar-refractivity contribution < 1.29 is 22.8 Å². The highest BCUT2D eigenvalue weighted by molar-refractivity contribution is 6.33. The lowest BCUT2D eigenvalue weighted by Crippen LogP contribution is -2.47. The van der Waals surface area contributed by atoms with Gasteiger partial charge in [-0.15, -0.1) is 0 Å². The van der Waals surface area contributed by atoms with E-state index in [4.69, 9.17) is 11.6 Å². The minimum absolute atomic E-state index is 0.00402. The van der Waals surface area contributed by atoms with Crippen molar-refractivity contribution in [1.82, 2.24) is 5.32 Å². The molecule has 0 aliphatic heterocycles. The van der Waals surface area contributed by atoms with Crippen LogP contribution >= 0.6 is 11.6 Å². The number of rotatable bonds is 4. The molecule has 0 spiro atoms. The molecule has 4 nitrogen and oxygen atoms in total. The maximum Gasteiger partial charge on any atom is 0.416 e. The van der Waals surface area contributed by atoms with E-state index in [2.05, 4.69) is 10.6 Å². The summed E-state index contributed by atoms with van der Waals surface area (Å²) in [7, 11) is 0. The van der Waals surface area contributed by atoms with E-state index in [1.165, 1.54) is 6.92 Å². The highest BCUT2D eigenvalue weighted by atomic mass is 35.5. The first-order valence-corrected chi connectivity index (χ1v) is 8.01. The van der Waals surface area contributed by atoms with Crippen molar-refractivity contribution in [2.24, 2.45) is 5.92 Å². The maximum atomic E-state index is 12.8. The van der Waals surface area contributed by atoms with E-state index in [-0.39, 0.29) is 22.5 Å². The monoisotopic (exact) mass is 362 g/mol. The number of hydrogen-bond acceptors (Lipinski definition) is 2. The van der Waals surface area contributed by atoms with Gasteiger partial charge in [0.1, 0.15) is 6.04 Å². The number of hydrogen-bond donors (Lipinski definition) is 2. The van der Waals surface area contributed by atoms with Gasteiger partial charge in [0, 0.05) is 6.92 Å². The maximum absolute atomic E-state index is 12.8. The Morgan fingerprint density at radius 1 is 1.25 bits per heavy atom. The fourth-order valence-corrected chi connectivity index (χ4v) is 3.08. The molecule has 132 valence electrons. The number of anilines is 1. The number of amides is 2. The van der Waals surface area contributed by atoms with Gasteiger partial charge in [-0.25, -0.2) is 0 Å². The van der Waals surface area contributed by atoms with Crippen LogP contribution in [0.1, 0.15) is 38.2 Å². The SMILES string of the molecule is CC(=O)NC(C(=O)Nc1cc(C(F)(F)F)ccc1Cl)C1CCCC1. The van der Waals surface area contributed by atoms with E-state index in [0.29, 0.717) is 0 Å². The van der Waals surface area contributed by atoms with Crippen LogP contribution in [-0.2, 0) is 15.8 Å². The van der Waals surface area contributed by atoms with Crippen LogP contribution in [0.3, 0.4) is 0 Å². The molecule has 1 aliphatic rings. The molecule has 8 heteroatoms. The van der Waals surface area contributed by atoms with Gasteiger partial charge < -0.3 is 10.6 Å². The van der Waals surface area contributed by atoms with E-state index in [0.717, 1.165) is 43.9 Å². The topological polar surface area (TPSA) is 58.2 Å². The predicted molar refractivity (Wildman–Crippen MR) is 84.6 cm³/mol. The van der Waals surface area contributed by atoms with Gasteiger partial charge in [-0.2, -0.15) is 13.2 Å². The Hall–Kier alpha value is -1.76. The molecular weight excluding hydrogens is 345 g/mol. The van der Waals surface area contributed by atoms with Gasteiger partial charge in [-0.1, -0.05) is 24.4 Å². The zero-order valence-corrected chi connectivity index (χ0v) is 13.8. The first-order chi connectivity index (χ1) is 11.2. The smallest absolute Gasteiger partial charge is 0.344 e. The molecular formula is C16H18ClF3N2O2. The van der Waals surface area contributed by atoms with Crippen molar-refractivity contribution >= 4 is 29.1 Å². The zero-order chi connectivity index (χ0) is 17.9. The summed E-state index contributed by atoms with van der Waals surface area (Å²) in [4.78, 5) is 23.8. The second kappa shape index (κ2) is 7.42. The molecule has 1 unspecified atom stereocenters. The highest BCUT2D eigenvalue weighted by Gasteiger charge is 2.33. The fourth-order valence-electron chi connectivity index (χ4n) is 2.92. The van der Waals surface area contributed by atoms with Gasteiger partial charge in [-0.05, 0) is 37.0 Å². The van der Waals surface area contributed by atoms with Gasteiger partial charge in [-0.3, -0.25) is 9.59 Å². The molecule has 1 aromatic rings. The first kappa shape index (κ1) is 18.6. The minimum atomic E-state index is -4.54. The van der Waals surface area contributed by atoms with Crippen LogP contribution in [-0.4, -0.2) is 17.9 Å². The van der Waals surface area contributed by atoms with Crippen LogP contribution in [0.2, 0.25) is 5.02 Å². The second-order valence-corrected chi connectivity index (χ2v) is 6.31. The molecule has 1 fully saturated rings. The third-order valence-electron chi connectivity index (χ3n) is 4.06. The molecule has 2 amide bonds. The molecule has 1 aromatic carbocycles. The van der Waals surface area contributed by atoms with Crippen LogP contribution in [0.15, 0.2) is 18.2 Å². The summed E-state index contributed by atoms with van der Waals surface area (Å²) < 4.78 is 38.4. The van der Waals surface area contributed by atoms with Crippen molar-refractivity contribution in [3.8, 4) is 0 Å². The lowest BCUT2D eigenvalue weighted by atomic mass is 9.97. The van der Waals surface area contributed by atoms with E-state index in [1.54, 1.807) is 0 Å². The standard InChI is InChI=1S/C16H18ClF3N2O2/c1-9(23)21-14(10-4-2-3-5-10)15(24)22-13-8-11(16(18,19)20)6-7-12(13)17/h6-8,10,14H,2-5H2,1H3,(H,21,23)(H,22,24). The lowest BCUT2D eigenvalue weighted by Gasteiger charge is -2.23. The minimum Gasteiger partial charge on any atom is -0.344 e. The Morgan fingerprint density at radius 2 is 1.88 bits per heavy atom. The molecule has 2 rings (SSSR count). The van der Waals surface area contributed by atoms with Gasteiger partial charge in [0.25, 0.3) is 0 Å². The summed E-state index contributed by atoms with van der Waals surface area (Å²) in [6.07, 6.45) is -1.05. The van der Waals surface area contributed by atoms with Crippen LogP contribution in [0.5, 0.6) is 0 Å². The molecule has 0 bridgehead atoms. The van der Waals surface area contributed by atoms with E-state index in [9.17, 15) is 22.8 Å². The normalized spacial score (nSPS) is 16.7. The van der Waals surface area contributed by atoms with E-state index in [1.807, 2.05) is 0 Å². The average molecular weight is 363 g/mol.